The van der Waals surface area contributed by atoms with E-state index in [2.05, 4.69) is 224 Å². The average Bonchev–Trinajstić information content (AvgIpc) is 3.68. The standard InChI is InChI=1S/C67H77BN2O/c1-40-32-55-58-56(33-40)70(53-25-22-42(61(2,3)4)34-44(53)41-20-18-17-19-21-41)59-45-36-48-51(67(15,16)31-28-64(48,9)10)39-57(45)71-60(59)68(58)52-37-49-50(66(13,14)30-29-65(49,11)12)38-54(52)69(55)43-23-24-46-47(35-43)63(7,8)27-26-62(46,5)6/h17-25,32-39H,26-31H2,1-16H3. The molecule has 0 radical (unpaired) electrons. The molecule has 2 aliphatic heterocycles. The Kier molecular flexibility index (Phi) is 9.73. The summed E-state index contributed by atoms with van der Waals surface area (Å²) in [6, 6.07) is 41.3. The van der Waals surface area contributed by atoms with Gasteiger partial charge in [-0.1, -0.05) is 152 Å². The Hall–Kier alpha value is -5.48. The number of fused-ring (bicyclic) bond motifs is 9. The maximum absolute atomic E-state index is 7.77. The van der Waals surface area contributed by atoms with Crippen molar-refractivity contribution in [1.82, 2.24) is 0 Å². The molecule has 6 aromatic carbocycles. The Labute approximate surface area is 426 Å². The van der Waals surface area contributed by atoms with E-state index in [4.69, 9.17) is 4.42 Å². The minimum Gasteiger partial charge on any atom is -0.468 e. The molecular formula is C67H77BN2O. The van der Waals surface area contributed by atoms with Crippen LogP contribution in [-0.4, -0.2) is 6.71 Å². The zero-order valence-electron chi connectivity index (χ0n) is 45.9. The number of aryl methyl sites for hydroxylation is 1. The molecule has 4 heteroatoms. The van der Waals surface area contributed by atoms with Crippen molar-refractivity contribution in [3.8, 4) is 11.1 Å². The molecule has 3 aliphatic carbocycles. The Morgan fingerprint density at radius 3 is 1.59 bits per heavy atom. The molecule has 7 aromatic rings. The lowest BCUT2D eigenvalue weighted by Gasteiger charge is -2.47. The van der Waals surface area contributed by atoms with E-state index in [-0.39, 0.29) is 44.6 Å². The summed E-state index contributed by atoms with van der Waals surface area (Å²) in [6.45, 7) is 38.8. The van der Waals surface area contributed by atoms with Gasteiger partial charge in [0.1, 0.15) is 5.58 Å². The lowest BCUT2D eigenvalue weighted by molar-refractivity contribution is 0.332. The predicted molar refractivity (Wildman–Crippen MR) is 305 cm³/mol. The van der Waals surface area contributed by atoms with Crippen LogP contribution in [0, 0.1) is 6.92 Å². The summed E-state index contributed by atoms with van der Waals surface area (Å²) in [7, 11) is 0. The monoisotopic (exact) mass is 937 g/mol. The highest BCUT2D eigenvalue weighted by atomic mass is 16.3. The molecule has 0 saturated heterocycles. The number of nitrogens with zero attached hydrogens (tertiary/aromatic N) is 2. The molecule has 3 nitrogen and oxygen atoms in total. The van der Waals surface area contributed by atoms with Crippen molar-refractivity contribution in [3.05, 3.63) is 148 Å². The molecular weight excluding hydrogens is 860 g/mol. The van der Waals surface area contributed by atoms with E-state index < -0.39 is 0 Å². The number of hydrogen-bond donors (Lipinski definition) is 0. The van der Waals surface area contributed by atoms with Crippen LogP contribution in [0.5, 0.6) is 0 Å². The van der Waals surface area contributed by atoms with Gasteiger partial charge in [0, 0.05) is 33.7 Å². The fourth-order valence-corrected chi connectivity index (χ4v) is 14.0. The minimum absolute atomic E-state index is 0.0234. The van der Waals surface area contributed by atoms with Gasteiger partial charge in [0.25, 0.3) is 6.71 Å². The van der Waals surface area contributed by atoms with E-state index in [9.17, 15) is 0 Å². The third-order valence-electron chi connectivity index (χ3n) is 19.0. The largest absolute Gasteiger partial charge is 0.468 e. The smallest absolute Gasteiger partial charge is 0.297 e. The van der Waals surface area contributed by atoms with Crippen LogP contribution in [-0.2, 0) is 37.9 Å². The van der Waals surface area contributed by atoms with Gasteiger partial charge in [-0.3, -0.25) is 0 Å². The molecule has 0 unspecified atom stereocenters. The fourth-order valence-electron chi connectivity index (χ4n) is 14.0. The molecule has 0 bridgehead atoms. The molecule has 71 heavy (non-hydrogen) atoms. The van der Waals surface area contributed by atoms with Gasteiger partial charge in [0.15, 0.2) is 0 Å². The van der Waals surface area contributed by atoms with Gasteiger partial charge < -0.3 is 14.2 Å². The summed E-state index contributed by atoms with van der Waals surface area (Å²) >= 11 is 0. The van der Waals surface area contributed by atoms with Crippen molar-refractivity contribution >= 4 is 68.4 Å². The van der Waals surface area contributed by atoms with E-state index >= 15 is 0 Å². The van der Waals surface area contributed by atoms with Crippen LogP contribution >= 0.6 is 0 Å². The van der Waals surface area contributed by atoms with Crippen molar-refractivity contribution in [2.24, 2.45) is 0 Å². The van der Waals surface area contributed by atoms with Crippen molar-refractivity contribution in [1.29, 1.82) is 0 Å². The first kappa shape index (κ1) is 46.6. The van der Waals surface area contributed by atoms with Crippen LogP contribution < -0.4 is 26.4 Å². The first-order chi connectivity index (χ1) is 33.2. The number of benzene rings is 6. The van der Waals surface area contributed by atoms with Gasteiger partial charge in [0.05, 0.1) is 17.0 Å². The molecule has 12 rings (SSSR count). The predicted octanol–water partition coefficient (Wildman–Crippen LogP) is 16.8. The van der Waals surface area contributed by atoms with E-state index in [1.807, 2.05) is 0 Å². The number of rotatable bonds is 3. The maximum Gasteiger partial charge on any atom is 0.297 e. The van der Waals surface area contributed by atoms with Gasteiger partial charge >= 0.3 is 0 Å². The zero-order valence-corrected chi connectivity index (χ0v) is 45.9. The summed E-state index contributed by atoms with van der Waals surface area (Å²) in [5.41, 5.74) is 26.2. The summed E-state index contributed by atoms with van der Waals surface area (Å²) in [5.74, 6) is 0. The summed E-state index contributed by atoms with van der Waals surface area (Å²) in [4.78, 5) is 5.34. The third-order valence-corrected chi connectivity index (χ3v) is 19.0. The molecule has 3 heterocycles. The van der Waals surface area contributed by atoms with Crippen molar-refractivity contribution in [2.45, 2.75) is 187 Å². The third kappa shape index (κ3) is 6.88. The highest BCUT2D eigenvalue weighted by Crippen LogP contribution is 2.56. The Balaban J connectivity index is 1.24. The number of hydrogen-bond acceptors (Lipinski definition) is 3. The van der Waals surface area contributed by atoms with Gasteiger partial charge in [0.2, 0.25) is 0 Å². The number of furan rings is 1. The first-order valence-electron chi connectivity index (χ1n) is 27.1. The Bertz CT molecular complexity index is 3390. The van der Waals surface area contributed by atoms with Crippen molar-refractivity contribution in [2.75, 3.05) is 9.80 Å². The fraction of sp³-hybridized carbons (Fsp3) is 0.433. The molecule has 0 atom stereocenters. The van der Waals surface area contributed by atoms with Crippen LogP contribution in [0.1, 0.15) is 187 Å². The number of anilines is 6. The second kappa shape index (κ2) is 14.8. The van der Waals surface area contributed by atoms with Crippen LogP contribution in [0.25, 0.3) is 22.1 Å². The van der Waals surface area contributed by atoms with E-state index in [1.165, 1.54) is 119 Å². The molecule has 0 N–H and O–H groups in total. The Morgan fingerprint density at radius 2 is 1.00 bits per heavy atom. The summed E-state index contributed by atoms with van der Waals surface area (Å²) < 4.78 is 7.77. The molecule has 0 amide bonds. The molecule has 0 saturated carbocycles. The molecule has 1 aromatic heterocycles. The Morgan fingerprint density at radius 1 is 0.479 bits per heavy atom. The van der Waals surface area contributed by atoms with E-state index in [0.717, 1.165) is 36.9 Å². The van der Waals surface area contributed by atoms with Crippen molar-refractivity contribution in [3.63, 3.8) is 0 Å². The molecule has 0 spiro atoms. The summed E-state index contributed by atoms with van der Waals surface area (Å²) in [6.07, 6.45) is 6.99. The zero-order chi connectivity index (χ0) is 50.3. The maximum atomic E-state index is 7.77. The summed E-state index contributed by atoms with van der Waals surface area (Å²) in [5, 5.41) is 1.21. The van der Waals surface area contributed by atoms with E-state index in [0.29, 0.717) is 0 Å². The van der Waals surface area contributed by atoms with Crippen molar-refractivity contribution < 1.29 is 4.42 Å². The topological polar surface area (TPSA) is 19.6 Å². The van der Waals surface area contributed by atoms with Gasteiger partial charge in [-0.15, -0.1) is 0 Å². The van der Waals surface area contributed by atoms with Crippen LogP contribution in [0.3, 0.4) is 0 Å². The van der Waals surface area contributed by atoms with Gasteiger partial charge in [-0.25, -0.2) is 0 Å². The van der Waals surface area contributed by atoms with Crippen LogP contribution in [0.15, 0.2) is 108 Å². The highest BCUT2D eigenvalue weighted by Gasteiger charge is 2.50. The van der Waals surface area contributed by atoms with Gasteiger partial charge in [-0.05, 0) is 199 Å². The normalized spacial score (nSPS) is 20.4. The molecule has 0 fully saturated rings. The lowest BCUT2D eigenvalue weighted by Crippen LogP contribution is -2.61. The molecule has 5 aliphatic rings. The molecule has 364 valence electrons. The van der Waals surface area contributed by atoms with Crippen LogP contribution in [0.2, 0.25) is 0 Å². The van der Waals surface area contributed by atoms with Gasteiger partial charge in [-0.2, -0.15) is 0 Å². The average molecular weight is 937 g/mol. The highest BCUT2D eigenvalue weighted by molar-refractivity contribution is 7.00. The first-order valence-corrected chi connectivity index (χ1v) is 27.1. The second-order valence-electron chi connectivity index (χ2n) is 27.9. The van der Waals surface area contributed by atoms with E-state index in [1.54, 1.807) is 0 Å². The van der Waals surface area contributed by atoms with Crippen LogP contribution in [0.4, 0.5) is 34.1 Å². The lowest BCUT2D eigenvalue weighted by atomic mass is 9.35. The second-order valence-corrected chi connectivity index (χ2v) is 27.9. The minimum atomic E-state index is -0.128. The quantitative estimate of drug-likeness (QED) is 0.165. The SMILES string of the molecule is Cc1cc2c3c(c1)N(c1ccc(C(C)(C)C)cc1-c1ccccc1)c1c(oc4cc5c(cc14)C(C)(C)CCC5(C)C)B3c1cc3c(cc1N2c1ccc2c(c1)C(C)(C)CCC2(C)C)C(C)(C)CCC3(C)C.